The van der Waals surface area contributed by atoms with Crippen LogP contribution in [0.2, 0.25) is 0 Å². The summed E-state index contributed by atoms with van der Waals surface area (Å²) < 4.78 is 1.88. The lowest BCUT2D eigenvalue weighted by Crippen LogP contribution is -2.30. The normalized spacial score (nSPS) is 13.4. The highest BCUT2D eigenvalue weighted by atomic mass is 15.6. The van der Waals surface area contributed by atoms with Gasteiger partial charge in [0.15, 0.2) is 11.6 Å². The van der Waals surface area contributed by atoms with Crippen LogP contribution in [0.3, 0.4) is 0 Å². The zero-order valence-electron chi connectivity index (χ0n) is 18.6. The van der Waals surface area contributed by atoms with Crippen molar-refractivity contribution >= 4 is 0 Å². The van der Waals surface area contributed by atoms with Gasteiger partial charge in [0.25, 0.3) is 0 Å². The van der Waals surface area contributed by atoms with Crippen molar-refractivity contribution in [2.24, 2.45) is 0 Å². The topological polar surface area (TPSA) is 87.2 Å². The zero-order chi connectivity index (χ0) is 20.6. The SMILES string of the molecule is CC(C)(C)c1nnn(C(C)(C)C)n1.CC(C)(C)c1nnnn1C(C)(C)C. The molecule has 0 saturated heterocycles. The third-order valence-corrected chi connectivity index (χ3v) is 3.46. The van der Waals surface area contributed by atoms with E-state index in [9.17, 15) is 0 Å². The van der Waals surface area contributed by atoms with E-state index in [0.29, 0.717) is 0 Å². The molecule has 26 heavy (non-hydrogen) atoms. The smallest absolute Gasteiger partial charge is 0.180 e. The molecular weight excluding hydrogens is 328 g/mol. The van der Waals surface area contributed by atoms with Crippen LogP contribution >= 0.6 is 0 Å². The summed E-state index contributed by atoms with van der Waals surface area (Å²) in [4.78, 5) is 1.66. The maximum atomic E-state index is 4.35. The Bertz CT molecular complexity index is 642. The van der Waals surface area contributed by atoms with Crippen molar-refractivity contribution in [2.75, 3.05) is 0 Å². The molecule has 0 N–H and O–H groups in total. The first-order valence-electron chi connectivity index (χ1n) is 9.04. The molecule has 0 unspecified atom stereocenters. The fourth-order valence-corrected chi connectivity index (χ4v) is 1.91. The number of tetrazole rings is 2. The van der Waals surface area contributed by atoms with Crippen LogP contribution in [-0.2, 0) is 21.9 Å². The molecule has 0 radical (unpaired) electrons. The van der Waals surface area contributed by atoms with Gasteiger partial charge in [0.05, 0.1) is 11.1 Å². The van der Waals surface area contributed by atoms with Crippen LogP contribution in [0, 0.1) is 0 Å². The van der Waals surface area contributed by atoms with Crippen molar-refractivity contribution in [3.05, 3.63) is 11.6 Å². The summed E-state index contributed by atoms with van der Waals surface area (Å²) in [5.41, 5.74) is -0.164. The molecule has 2 heterocycles. The molecule has 0 aliphatic carbocycles. The van der Waals surface area contributed by atoms with Gasteiger partial charge in [-0.25, -0.2) is 4.68 Å². The minimum absolute atomic E-state index is 0.00319. The van der Waals surface area contributed by atoms with Crippen LogP contribution in [0.5, 0.6) is 0 Å². The van der Waals surface area contributed by atoms with Gasteiger partial charge in [0.2, 0.25) is 0 Å². The first kappa shape index (κ1) is 22.2. The zero-order valence-corrected chi connectivity index (χ0v) is 18.6. The summed E-state index contributed by atoms with van der Waals surface area (Å²) in [5.74, 6) is 1.72. The van der Waals surface area contributed by atoms with E-state index in [1.54, 1.807) is 4.80 Å². The number of rotatable bonds is 0. The quantitative estimate of drug-likeness (QED) is 0.711. The molecule has 0 atom stereocenters. The van der Waals surface area contributed by atoms with E-state index in [1.807, 2.05) is 4.68 Å². The average molecular weight is 365 g/mol. The first-order valence-corrected chi connectivity index (χ1v) is 9.04. The summed E-state index contributed by atoms with van der Waals surface area (Å²) in [6, 6.07) is 0. The molecule has 2 aromatic rings. The molecular formula is C18H36N8. The lowest BCUT2D eigenvalue weighted by Gasteiger charge is -2.25. The second-order valence-corrected chi connectivity index (χ2v) is 10.7. The molecule has 8 nitrogen and oxygen atoms in total. The van der Waals surface area contributed by atoms with Crippen molar-refractivity contribution < 1.29 is 0 Å². The maximum Gasteiger partial charge on any atom is 0.180 e. The van der Waals surface area contributed by atoms with Gasteiger partial charge >= 0.3 is 0 Å². The second-order valence-electron chi connectivity index (χ2n) is 10.7. The standard InChI is InChI=1S/2C9H18N4/c1-8(2,3)7-10-11-12-13(7)9(4,5)6;1-8(2,3)7-10-12-13(11-7)9(4,5)6/h2*1-6H3. The predicted octanol–water partition coefficient (Wildman–Crippen LogP) is 3.45. The van der Waals surface area contributed by atoms with Gasteiger partial charge in [-0.3, -0.25) is 0 Å². The Morgan fingerprint density at radius 2 is 1.15 bits per heavy atom. The van der Waals surface area contributed by atoms with Gasteiger partial charge in [-0.15, -0.1) is 15.3 Å². The lowest BCUT2D eigenvalue weighted by molar-refractivity contribution is 0.303. The van der Waals surface area contributed by atoms with Gasteiger partial charge < -0.3 is 0 Å². The van der Waals surface area contributed by atoms with Crippen LogP contribution in [0.1, 0.15) is 94.7 Å². The number of nitrogens with zero attached hydrogens (tertiary/aromatic N) is 8. The largest absolute Gasteiger partial charge is 0.224 e. The van der Waals surface area contributed by atoms with Crippen molar-refractivity contribution in [3.63, 3.8) is 0 Å². The minimum Gasteiger partial charge on any atom is -0.224 e. The summed E-state index contributed by atoms with van der Waals surface area (Å²) in [7, 11) is 0. The molecule has 0 amide bonds. The third-order valence-electron chi connectivity index (χ3n) is 3.46. The number of hydrogen-bond donors (Lipinski definition) is 0. The molecule has 0 aliphatic rings. The molecule has 0 saturated carbocycles. The van der Waals surface area contributed by atoms with Gasteiger partial charge in [0, 0.05) is 10.8 Å². The van der Waals surface area contributed by atoms with Gasteiger partial charge in [-0.1, -0.05) is 41.5 Å². The molecule has 0 aliphatic heterocycles. The molecule has 0 bridgehead atoms. The van der Waals surface area contributed by atoms with Gasteiger partial charge in [-0.2, -0.15) is 4.80 Å². The Morgan fingerprint density at radius 1 is 0.615 bits per heavy atom. The van der Waals surface area contributed by atoms with E-state index >= 15 is 0 Å². The molecule has 0 fully saturated rings. The van der Waals surface area contributed by atoms with E-state index in [2.05, 4.69) is 114 Å². The summed E-state index contributed by atoms with van der Waals surface area (Å²) in [6.45, 7) is 25.0. The van der Waals surface area contributed by atoms with Gasteiger partial charge in [-0.05, 0) is 57.2 Å². The molecule has 8 heteroatoms. The average Bonchev–Trinajstić information content (AvgIpc) is 3.06. The Kier molecular flexibility index (Phi) is 6.01. The molecule has 0 aromatic carbocycles. The van der Waals surface area contributed by atoms with E-state index < -0.39 is 0 Å². The molecule has 148 valence electrons. The van der Waals surface area contributed by atoms with Crippen molar-refractivity contribution in [1.29, 1.82) is 0 Å². The Morgan fingerprint density at radius 3 is 1.42 bits per heavy atom. The van der Waals surface area contributed by atoms with Crippen molar-refractivity contribution in [1.82, 2.24) is 40.4 Å². The van der Waals surface area contributed by atoms with Crippen LogP contribution in [0.25, 0.3) is 0 Å². The van der Waals surface area contributed by atoms with Crippen molar-refractivity contribution in [3.8, 4) is 0 Å². The summed E-state index contributed by atoms with van der Waals surface area (Å²) in [6.07, 6.45) is 0. The van der Waals surface area contributed by atoms with Crippen LogP contribution < -0.4 is 0 Å². The fraction of sp³-hybridized carbons (Fsp3) is 0.889. The Labute approximate surface area is 157 Å². The monoisotopic (exact) mass is 364 g/mol. The fourth-order valence-electron chi connectivity index (χ4n) is 1.91. The Hall–Kier alpha value is -1.86. The highest BCUT2D eigenvalue weighted by Crippen LogP contribution is 2.23. The van der Waals surface area contributed by atoms with Crippen LogP contribution in [-0.4, -0.2) is 40.4 Å². The highest BCUT2D eigenvalue weighted by Gasteiger charge is 2.27. The van der Waals surface area contributed by atoms with Gasteiger partial charge in [0.1, 0.15) is 0 Å². The number of hydrogen-bond acceptors (Lipinski definition) is 6. The molecule has 2 rings (SSSR count). The molecule has 0 spiro atoms. The Balaban J connectivity index is 0.000000260. The maximum absolute atomic E-state index is 4.35. The highest BCUT2D eigenvalue weighted by molar-refractivity contribution is 5.01. The minimum atomic E-state index is -0.0868. The third kappa shape index (κ3) is 5.85. The predicted molar refractivity (Wildman–Crippen MR) is 103 cm³/mol. The second kappa shape index (κ2) is 7.04. The lowest BCUT2D eigenvalue weighted by atomic mass is 9.94. The number of aromatic nitrogens is 8. The van der Waals surface area contributed by atoms with Crippen LogP contribution in [0.4, 0.5) is 0 Å². The first-order chi connectivity index (χ1) is 11.4. The van der Waals surface area contributed by atoms with E-state index in [-0.39, 0.29) is 21.9 Å². The molecule has 2 aromatic heterocycles. The summed E-state index contributed by atoms with van der Waals surface area (Å²) in [5, 5.41) is 24.2. The van der Waals surface area contributed by atoms with Crippen LogP contribution in [0.15, 0.2) is 0 Å². The van der Waals surface area contributed by atoms with E-state index in [1.165, 1.54) is 0 Å². The van der Waals surface area contributed by atoms with E-state index in [4.69, 9.17) is 0 Å². The summed E-state index contributed by atoms with van der Waals surface area (Å²) >= 11 is 0. The van der Waals surface area contributed by atoms with Crippen molar-refractivity contribution in [2.45, 2.75) is 105 Å². The van der Waals surface area contributed by atoms with E-state index in [0.717, 1.165) is 11.6 Å².